The number of hydrogen-bond donors (Lipinski definition) is 1. The van der Waals surface area contributed by atoms with Gasteiger partial charge >= 0.3 is 0 Å². The summed E-state index contributed by atoms with van der Waals surface area (Å²) in [4.78, 5) is 11.5. The lowest BCUT2D eigenvalue weighted by Gasteiger charge is -2.13. The van der Waals surface area contributed by atoms with Crippen LogP contribution in [0.2, 0.25) is 0 Å². The number of nitrogens with one attached hydrogen (secondary N) is 1. The van der Waals surface area contributed by atoms with Gasteiger partial charge in [0.05, 0.1) is 19.1 Å². The number of carbonyl (C=O) groups excluding carboxylic acids is 1. The molecule has 5 heteroatoms. The largest absolute Gasteiger partial charge is 0.484 e. The number of rotatable bonds is 7. The summed E-state index contributed by atoms with van der Waals surface area (Å²) in [6.07, 6.45) is 0.370. The van der Waals surface area contributed by atoms with Crippen LogP contribution in [0.3, 0.4) is 0 Å². The van der Waals surface area contributed by atoms with E-state index in [-0.39, 0.29) is 18.6 Å². The second-order valence-electron chi connectivity index (χ2n) is 4.19. The Morgan fingerprint density at radius 2 is 2.11 bits per heavy atom. The molecule has 0 aliphatic carbocycles. The van der Waals surface area contributed by atoms with Crippen LogP contribution in [0.5, 0.6) is 5.75 Å². The molecular weight excluding hydrogens is 244 g/mol. The number of nitriles is 1. The normalized spacial score (nSPS) is 11.4. The average Bonchev–Trinajstić information content (AvgIpc) is 2.38. The maximum absolute atomic E-state index is 11.5. The molecule has 0 spiro atoms. The van der Waals surface area contributed by atoms with Crippen molar-refractivity contribution in [1.29, 1.82) is 5.26 Å². The molecule has 1 unspecified atom stereocenters. The van der Waals surface area contributed by atoms with Crippen LogP contribution >= 0.6 is 0 Å². The van der Waals surface area contributed by atoms with Gasteiger partial charge in [-0.3, -0.25) is 4.79 Å². The molecule has 0 saturated heterocycles. The first-order chi connectivity index (χ1) is 9.15. The molecule has 1 aromatic carbocycles. The van der Waals surface area contributed by atoms with E-state index in [1.54, 1.807) is 19.2 Å². The number of hydrogen-bond acceptors (Lipinski definition) is 4. The van der Waals surface area contributed by atoms with Crippen molar-refractivity contribution in [3.05, 3.63) is 29.8 Å². The number of ether oxygens (including phenoxy) is 2. The lowest BCUT2D eigenvalue weighted by molar-refractivity contribution is -0.124. The Hall–Kier alpha value is -2.06. The van der Waals surface area contributed by atoms with Crippen molar-refractivity contribution in [3.8, 4) is 11.8 Å². The quantitative estimate of drug-likeness (QED) is 0.803. The number of nitrogens with zero attached hydrogens (tertiary/aromatic N) is 1. The van der Waals surface area contributed by atoms with Crippen LogP contribution in [0, 0.1) is 11.3 Å². The molecule has 1 rings (SSSR count). The van der Waals surface area contributed by atoms with Crippen LogP contribution in [0.25, 0.3) is 0 Å². The summed E-state index contributed by atoms with van der Waals surface area (Å²) >= 11 is 0. The van der Waals surface area contributed by atoms with Gasteiger partial charge in [0, 0.05) is 13.2 Å². The molecular formula is C14H18N2O3. The van der Waals surface area contributed by atoms with Crippen molar-refractivity contribution >= 4 is 5.91 Å². The highest BCUT2D eigenvalue weighted by molar-refractivity contribution is 5.77. The molecule has 1 amide bonds. The zero-order valence-corrected chi connectivity index (χ0v) is 11.2. The molecule has 19 heavy (non-hydrogen) atoms. The van der Waals surface area contributed by atoms with E-state index in [0.717, 1.165) is 5.56 Å². The van der Waals surface area contributed by atoms with E-state index in [1.165, 1.54) is 0 Å². The minimum atomic E-state index is -0.189. The first kappa shape index (κ1) is 15.0. The van der Waals surface area contributed by atoms with E-state index in [9.17, 15) is 4.79 Å². The van der Waals surface area contributed by atoms with Gasteiger partial charge < -0.3 is 14.8 Å². The number of amides is 1. The fourth-order valence-corrected chi connectivity index (χ4v) is 1.55. The summed E-state index contributed by atoms with van der Waals surface area (Å²) < 4.78 is 10.3. The molecule has 0 heterocycles. The minimum Gasteiger partial charge on any atom is -0.484 e. The molecule has 1 aromatic rings. The van der Waals surface area contributed by atoms with Crippen LogP contribution in [0.1, 0.15) is 12.5 Å². The van der Waals surface area contributed by atoms with Crippen LogP contribution < -0.4 is 10.1 Å². The van der Waals surface area contributed by atoms with Crippen molar-refractivity contribution in [2.24, 2.45) is 0 Å². The van der Waals surface area contributed by atoms with Gasteiger partial charge in [-0.25, -0.2) is 0 Å². The van der Waals surface area contributed by atoms with Crippen molar-refractivity contribution in [3.63, 3.8) is 0 Å². The van der Waals surface area contributed by atoms with E-state index in [1.807, 2.05) is 19.1 Å². The zero-order chi connectivity index (χ0) is 14.1. The molecule has 5 nitrogen and oxygen atoms in total. The Kier molecular flexibility index (Phi) is 6.41. The van der Waals surface area contributed by atoms with Crippen LogP contribution in [-0.2, 0) is 16.0 Å². The molecule has 0 radical (unpaired) electrons. The highest BCUT2D eigenvalue weighted by Gasteiger charge is 2.07. The van der Waals surface area contributed by atoms with E-state index in [4.69, 9.17) is 14.7 Å². The Labute approximate surface area is 113 Å². The lowest BCUT2D eigenvalue weighted by Crippen LogP contribution is -2.38. The first-order valence-electron chi connectivity index (χ1n) is 6.02. The van der Waals surface area contributed by atoms with Gasteiger partial charge in [-0.15, -0.1) is 0 Å². The summed E-state index contributed by atoms with van der Waals surface area (Å²) in [7, 11) is 1.59. The Morgan fingerprint density at radius 3 is 2.68 bits per heavy atom. The van der Waals surface area contributed by atoms with Gasteiger partial charge in [0.25, 0.3) is 5.91 Å². The summed E-state index contributed by atoms with van der Waals surface area (Å²) in [6, 6.07) is 9.14. The van der Waals surface area contributed by atoms with Crippen LogP contribution in [0.15, 0.2) is 24.3 Å². The molecule has 0 bridgehead atoms. The Morgan fingerprint density at radius 1 is 1.42 bits per heavy atom. The second kappa shape index (κ2) is 8.11. The summed E-state index contributed by atoms with van der Waals surface area (Å²) in [5.74, 6) is 0.418. The Balaban J connectivity index is 2.36. The second-order valence-corrected chi connectivity index (χ2v) is 4.19. The maximum Gasteiger partial charge on any atom is 0.258 e. The van der Waals surface area contributed by atoms with Crippen molar-refractivity contribution in [2.75, 3.05) is 20.3 Å². The first-order valence-corrected chi connectivity index (χ1v) is 6.02. The highest BCUT2D eigenvalue weighted by Crippen LogP contribution is 2.12. The van der Waals surface area contributed by atoms with Gasteiger partial charge in [-0.05, 0) is 24.6 Å². The lowest BCUT2D eigenvalue weighted by atomic mass is 10.2. The predicted molar refractivity (Wildman–Crippen MR) is 70.7 cm³/mol. The SMILES string of the molecule is COCC(C)NC(=O)COc1ccc(CC#N)cc1. The fraction of sp³-hybridized carbons (Fsp3) is 0.429. The van der Waals surface area contributed by atoms with Crippen molar-refractivity contribution in [1.82, 2.24) is 5.32 Å². The van der Waals surface area contributed by atoms with E-state index >= 15 is 0 Å². The Bertz CT molecular complexity index is 437. The third-order valence-electron chi connectivity index (χ3n) is 2.40. The molecule has 1 atom stereocenters. The monoisotopic (exact) mass is 262 g/mol. The predicted octanol–water partition coefficient (Wildman–Crippen LogP) is 1.28. The zero-order valence-electron chi connectivity index (χ0n) is 11.2. The van der Waals surface area contributed by atoms with Crippen molar-refractivity contribution in [2.45, 2.75) is 19.4 Å². The molecule has 0 aromatic heterocycles. The summed E-state index contributed by atoms with van der Waals surface area (Å²) in [5, 5.41) is 11.3. The highest BCUT2D eigenvalue weighted by atomic mass is 16.5. The van der Waals surface area contributed by atoms with E-state index < -0.39 is 0 Å². The van der Waals surface area contributed by atoms with E-state index in [0.29, 0.717) is 18.8 Å². The smallest absolute Gasteiger partial charge is 0.258 e. The topological polar surface area (TPSA) is 71.3 Å². The molecule has 102 valence electrons. The molecule has 0 fully saturated rings. The number of benzene rings is 1. The van der Waals surface area contributed by atoms with Gasteiger partial charge in [-0.1, -0.05) is 12.1 Å². The summed E-state index contributed by atoms with van der Waals surface area (Å²) in [5.41, 5.74) is 0.924. The molecule has 0 saturated carbocycles. The maximum atomic E-state index is 11.5. The fourth-order valence-electron chi connectivity index (χ4n) is 1.55. The number of carbonyl (C=O) groups is 1. The minimum absolute atomic E-state index is 0.0361. The third-order valence-corrected chi connectivity index (χ3v) is 2.40. The molecule has 1 N–H and O–H groups in total. The molecule has 0 aliphatic heterocycles. The van der Waals surface area contributed by atoms with E-state index in [2.05, 4.69) is 11.4 Å². The van der Waals surface area contributed by atoms with Gasteiger partial charge in [0.15, 0.2) is 6.61 Å². The standard InChI is InChI=1S/C14H18N2O3/c1-11(9-18-2)16-14(17)10-19-13-5-3-12(4-6-13)7-8-15/h3-6,11H,7,9-10H2,1-2H3,(H,16,17). The van der Waals surface area contributed by atoms with Gasteiger partial charge in [0.2, 0.25) is 0 Å². The van der Waals surface area contributed by atoms with Crippen molar-refractivity contribution < 1.29 is 14.3 Å². The number of methoxy groups -OCH3 is 1. The third kappa shape index (κ3) is 5.89. The molecule has 0 aliphatic rings. The van der Waals surface area contributed by atoms with Gasteiger partial charge in [-0.2, -0.15) is 5.26 Å². The summed E-state index contributed by atoms with van der Waals surface area (Å²) in [6.45, 7) is 2.29. The average molecular weight is 262 g/mol. The van der Waals surface area contributed by atoms with Crippen LogP contribution in [-0.4, -0.2) is 32.3 Å². The van der Waals surface area contributed by atoms with Gasteiger partial charge in [0.1, 0.15) is 5.75 Å². The van der Waals surface area contributed by atoms with Crippen LogP contribution in [0.4, 0.5) is 0 Å².